The molecule has 8 nitrogen and oxygen atoms in total. The minimum Gasteiger partial charge on any atom is -0.444 e. The normalized spacial score (nSPS) is 13.2. The second-order valence-electron chi connectivity index (χ2n) is 9.04. The predicted octanol–water partition coefficient (Wildman–Crippen LogP) is 3.67. The molecule has 8 heteroatoms. The molecule has 0 saturated carbocycles. The van der Waals surface area contributed by atoms with E-state index < -0.39 is 29.7 Å². The molecule has 2 atom stereocenters. The van der Waals surface area contributed by atoms with Crippen LogP contribution in [0.1, 0.15) is 51.7 Å². The number of benzene rings is 1. The van der Waals surface area contributed by atoms with Crippen molar-refractivity contribution in [3.05, 3.63) is 65.9 Å². The fourth-order valence-electron chi connectivity index (χ4n) is 3.05. The van der Waals surface area contributed by atoms with Gasteiger partial charge in [0.2, 0.25) is 5.91 Å². The Morgan fingerprint density at radius 2 is 1.79 bits per heavy atom. The van der Waals surface area contributed by atoms with Gasteiger partial charge in [0.15, 0.2) is 5.78 Å². The zero-order valence-electron chi connectivity index (χ0n) is 20.2. The number of alkyl carbamates (subject to hydrolysis) is 1. The third-order valence-corrected chi connectivity index (χ3v) is 4.84. The van der Waals surface area contributed by atoms with Crippen molar-refractivity contribution in [2.75, 3.05) is 5.73 Å². The van der Waals surface area contributed by atoms with Crippen LogP contribution in [-0.4, -0.2) is 40.5 Å². The molecule has 1 aromatic heterocycles. The van der Waals surface area contributed by atoms with E-state index in [-0.39, 0.29) is 18.6 Å². The van der Waals surface area contributed by atoms with Gasteiger partial charge in [-0.15, -0.1) is 0 Å². The smallest absolute Gasteiger partial charge is 0.408 e. The Morgan fingerprint density at radius 3 is 2.41 bits per heavy atom. The van der Waals surface area contributed by atoms with Crippen LogP contribution >= 0.6 is 0 Å². The number of carbonyl (C=O) groups excluding carboxylic acids is 3. The van der Waals surface area contributed by atoms with Gasteiger partial charge in [0.05, 0.1) is 6.04 Å². The van der Waals surface area contributed by atoms with E-state index in [9.17, 15) is 14.4 Å². The molecule has 0 saturated heterocycles. The number of ketones is 1. The lowest BCUT2D eigenvalue weighted by Crippen LogP contribution is -2.51. The summed E-state index contributed by atoms with van der Waals surface area (Å²) >= 11 is 0. The number of pyridine rings is 1. The number of aryl methyl sites for hydroxylation is 1. The van der Waals surface area contributed by atoms with Gasteiger partial charge in [-0.05, 0) is 57.7 Å². The zero-order chi connectivity index (χ0) is 25.1. The first-order valence-electron chi connectivity index (χ1n) is 11.3. The van der Waals surface area contributed by atoms with Crippen molar-refractivity contribution in [1.29, 1.82) is 0 Å². The van der Waals surface area contributed by atoms with Gasteiger partial charge in [0.1, 0.15) is 17.5 Å². The number of nitrogens with two attached hydrogens (primary N) is 1. The first kappa shape index (κ1) is 26.6. The summed E-state index contributed by atoms with van der Waals surface area (Å²) in [7, 11) is 0. The first-order valence-corrected chi connectivity index (χ1v) is 11.3. The Bertz CT molecular complexity index is 982. The zero-order valence-corrected chi connectivity index (χ0v) is 20.2. The molecule has 0 aliphatic rings. The number of Topliss-reactive ketones (excluding diaryl/α,β-unsaturated/α-hetero) is 1. The summed E-state index contributed by atoms with van der Waals surface area (Å²) in [4.78, 5) is 41.8. The molecule has 1 aromatic carbocycles. The molecule has 0 unspecified atom stereocenters. The molecule has 2 amide bonds. The first-order chi connectivity index (χ1) is 16.0. The number of nitrogen functional groups attached to an aromatic ring is 1. The number of aromatic nitrogens is 1. The van der Waals surface area contributed by atoms with Gasteiger partial charge in [-0.3, -0.25) is 9.59 Å². The standard InChI is InChI=1S/C26H34N4O4/c1-18(22(31)15-13-20-14-16-23(27)28-17-20)29-24(32)21(30-25(33)34-26(2,3)4)12-8-11-19-9-6-5-7-10-19/h5-11,14,16-18,21H,12-13,15H2,1-4H3,(H2,27,28)(H,29,32)(H,30,33)/b11-8+/t18-,21+/m0/s1. The van der Waals surface area contributed by atoms with E-state index in [1.54, 1.807) is 46.0 Å². The van der Waals surface area contributed by atoms with E-state index in [0.717, 1.165) is 11.1 Å². The highest BCUT2D eigenvalue weighted by molar-refractivity contribution is 5.92. The average molecular weight is 467 g/mol. The number of ether oxygens (including phenoxy) is 1. The molecule has 1 heterocycles. The fraction of sp³-hybridized carbons (Fsp3) is 0.385. The Balaban J connectivity index is 1.98. The Labute approximate surface area is 201 Å². The second-order valence-corrected chi connectivity index (χ2v) is 9.04. The molecular weight excluding hydrogens is 432 g/mol. The molecular formula is C26H34N4O4. The number of hydrogen-bond donors (Lipinski definition) is 3. The van der Waals surface area contributed by atoms with Gasteiger partial charge in [-0.2, -0.15) is 0 Å². The summed E-state index contributed by atoms with van der Waals surface area (Å²) in [5.41, 5.74) is 6.74. The largest absolute Gasteiger partial charge is 0.444 e. The van der Waals surface area contributed by atoms with Crippen LogP contribution in [0.5, 0.6) is 0 Å². The molecule has 0 aliphatic carbocycles. The summed E-state index contributed by atoms with van der Waals surface area (Å²) in [6.45, 7) is 6.86. The number of nitrogens with zero attached hydrogens (tertiary/aromatic N) is 1. The highest BCUT2D eigenvalue weighted by Crippen LogP contribution is 2.10. The summed E-state index contributed by atoms with van der Waals surface area (Å²) in [6.07, 6.45) is 5.57. The predicted molar refractivity (Wildman–Crippen MR) is 133 cm³/mol. The van der Waals surface area contributed by atoms with Crippen LogP contribution in [0.15, 0.2) is 54.7 Å². The number of nitrogens with one attached hydrogen (secondary N) is 2. The van der Waals surface area contributed by atoms with Crippen molar-refractivity contribution in [2.45, 2.75) is 64.6 Å². The quantitative estimate of drug-likeness (QED) is 0.491. The number of anilines is 1. The molecule has 0 spiro atoms. The lowest BCUT2D eigenvalue weighted by atomic mass is 10.0. The monoisotopic (exact) mass is 466 g/mol. The maximum absolute atomic E-state index is 12.9. The highest BCUT2D eigenvalue weighted by Gasteiger charge is 2.26. The Hall–Kier alpha value is -3.68. The van der Waals surface area contributed by atoms with Gasteiger partial charge in [0.25, 0.3) is 0 Å². The van der Waals surface area contributed by atoms with E-state index in [4.69, 9.17) is 10.5 Å². The van der Waals surface area contributed by atoms with Crippen LogP contribution in [0.3, 0.4) is 0 Å². The molecule has 0 fully saturated rings. The van der Waals surface area contributed by atoms with Crippen molar-refractivity contribution in [1.82, 2.24) is 15.6 Å². The molecule has 0 bridgehead atoms. The highest BCUT2D eigenvalue weighted by atomic mass is 16.6. The summed E-state index contributed by atoms with van der Waals surface area (Å²) < 4.78 is 5.30. The minimum absolute atomic E-state index is 0.124. The van der Waals surface area contributed by atoms with E-state index in [0.29, 0.717) is 12.2 Å². The van der Waals surface area contributed by atoms with E-state index in [2.05, 4.69) is 15.6 Å². The lowest BCUT2D eigenvalue weighted by Gasteiger charge is -2.23. The summed E-state index contributed by atoms with van der Waals surface area (Å²) in [5, 5.41) is 5.32. The molecule has 34 heavy (non-hydrogen) atoms. The molecule has 2 rings (SSSR count). The van der Waals surface area contributed by atoms with Crippen molar-refractivity contribution in [3.8, 4) is 0 Å². The van der Waals surface area contributed by atoms with Crippen molar-refractivity contribution >= 4 is 29.7 Å². The van der Waals surface area contributed by atoms with Gasteiger partial charge >= 0.3 is 6.09 Å². The van der Waals surface area contributed by atoms with E-state index in [1.807, 2.05) is 42.5 Å². The van der Waals surface area contributed by atoms with Crippen LogP contribution in [0.25, 0.3) is 6.08 Å². The molecule has 2 aromatic rings. The fourth-order valence-corrected chi connectivity index (χ4v) is 3.05. The average Bonchev–Trinajstić information content (AvgIpc) is 2.77. The van der Waals surface area contributed by atoms with Crippen molar-refractivity contribution < 1.29 is 19.1 Å². The lowest BCUT2D eigenvalue weighted by molar-refractivity contribution is -0.128. The SMILES string of the molecule is C[C@H](NC(=O)[C@@H](C/C=C/c1ccccc1)NC(=O)OC(C)(C)C)C(=O)CCc1ccc(N)nc1. The van der Waals surface area contributed by atoms with E-state index in [1.165, 1.54) is 0 Å². The van der Waals surface area contributed by atoms with Crippen LogP contribution < -0.4 is 16.4 Å². The summed E-state index contributed by atoms with van der Waals surface area (Å²) in [5.74, 6) is -0.167. The van der Waals surface area contributed by atoms with Crippen molar-refractivity contribution in [3.63, 3.8) is 0 Å². The van der Waals surface area contributed by atoms with Gasteiger partial charge < -0.3 is 21.1 Å². The van der Waals surface area contributed by atoms with Gasteiger partial charge in [-0.1, -0.05) is 48.6 Å². The maximum Gasteiger partial charge on any atom is 0.408 e. The minimum atomic E-state index is -0.897. The van der Waals surface area contributed by atoms with Crippen LogP contribution in [0.2, 0.25) is 0 Å². The number of carbonyl (C=O) groups is 3. The van der Waals surface area contributed by atoms with Crippen LogP contribution in [0, 0.1) is 0 Å². The van der Waals surface area contributed by atoms with Gasteiger partial charge in [0, 0.05) is 12.6 Å². The maximum atomic E-state index is 12.9. The third-order valence-electron chi connectivity index (χ3n) is 4.84. The molecule has 0 radical (unpaired) electrons. The van der Waals surface area contributed by atoms with Crippen LogP contribution in [0.4, 0.5) is 10.6 Å². The van der Waals surface area contributed by atoms with Crippen molar-refractivity contribution in [2.24, 2.45) is 0 Å². The van der Waals surface area contributed by atoms with E-state index >= 15 is 0 Å². The third kappa shape index (κ3) is 9.85. The number of rotatable bonds is 10. The van der Waals surface area contributed by atoms with Crippen LogP contribution in [-0.2, 0) is 20.7 Å². The number of hydrogen-bond acceptors (Lipinski definition) is 6. The second kappa shape index (κ2) is 12.5. The molecule has 4 N–H and O–H groups in total. The molecule has 182 valence electrons. The number of amides is 2. The Morgan fingerprint density at radius 1 is 1.09 bits per heavy atom. The van der Waals surface area contributed by atoms with Gasteiger partial charge in [-0.25, -0.2) is 9.78 Å². The Kier molecular flexibility index (Phi) is 9.79. The summed E-state index contributed by atoms with van der Waals surface area (Å²) in [6, 6.07) is 11.5. The molecule has 0 aliphatic heterocycles. The topological polar surface area (TPSA) is 123 Å².